The zero-order valence-electron chi connectivity index (χ0n) is 16.4. The number of aliphatic hydroxyl groups is 1. The summed E-state index contributed by atoms with van der Waals surface area (Å²) in [5.74, 6) is -1.51. The maximum atomic E-state index is 13.5. The highest BCUT2D eigenvalue weighted by molar-refractivity contribution is 5.89. The largest absolute Gasteiger partial charge is 0.459 e. The lowest BCUT2D eigenvalue weighted by Crippen LogP contribution is -2.52. The van der Waals surface area contributed by atoms with Crippen molar-refractivity contribution >= 4 is 17.7 Å². The number of hydrogen-bond donors (Lipinski definition) is 4. The number of benzene rings is 2. The number of carbonyl (C=O) groups excluding carboxylic acids is 2. The average Bonchev–Trinajstić information content (AvgIpc) is 2.70. The fourth-order valence-corrected chi connectivity index (χ4v) is 2.39. The van der Waals surface area contributed by atoms with E-state index in [9.17, 15) is 19.1 Å². The normalized spacial score (nSPS) is 12.1. The summed E-state index contributed by atoms with van der Waals surface area (Å²) < 4.78 is 18.5. The first-order valence-corrected chi connectivity index (χ1v) is 9.21. The first-order valence-electron chi connectivity index (χ1n) is 9.21. The lowest BCUT2D eigenvalue weighted by atomic mass is 10.1. The monoisotopic (exact) mass is 403 g/mol. The Morgan fingerprint density at radius 1 is 1.10 bits per heavy atom. The van der Waals surface area contributed by atoms with Crippen LogP contribution in [0.4, 0.5) is 14.9 Å². The zero-order valence-corrected chi connectivity index (χ0v) is 16.4. The summed E-state index contributed by atoms with van der Waals surface area (Å²) >= 11 is 0. The van der Waals surface area contributed by atoms with Crippen LogP contribution in [0.5, 0.6) is 0 Å². The SMILES string of the molecule is CC(C)(CNC(=O)Nc1ccccc1)NCC(O)COC(=O)c1ccccc1F. The maximum Gasteiger partial charge on any atom is 0.341 e. The molecule has 156 valence electrons. The molecule has 0 aliphatic heterocycles. The van der Waals surface area contributed by atoms with Crippen LogP contribution < -0.4 is 16.0 Å². The number of ether oxygens (including phenoxy) is 1. The van der Waals surface area contributed by atoms with E-state index in [1.807, 2.05) is 32.0 Å². The molecule has 4 N–H and O–H groups in total. The molecule has 0 fully saturated rings. The quantitative estimate of drug-likeness (QED) is 0.482. The summed E-state index contributed by atoms with van der Waals surface area (Å²) in [6.45, 7) is 3.85. The van der Waals surface area contributed by atoms with Crippen molar-refractivity contribution in [3.05, 3.63) is 66.0 Å². The van der Waals surface area contributed by atoms with Crippen LogP contribution in [0.2, 0.25) is 0 Å². The van der Waals surface area contributed by atoms with Crippen molar-refractivity contribution in [3.8, 4) is 0 Å². The summed E-state index contributed by atoms with van der Waals surface area (Å²) in [7, 11) is 0. The van der Waals surface area contributed by atoms with Gasteiger partial charge in [0.1, 0.15) is 18.5 Å². The molecule has 2 rings (SSSR count). The Morgan fingerprint density at radius 2 is 1.76 bits per heavy atom. The van der Waals surface area contributed by atoms with E-state index in [2.05, 4.69) is 16.0 Å². The van der Waals surface area contributed by atoms with Crippen LogP contribution in [-0.4, -0.2) is 48.4 Å². The van der Waals surface area contributed by atoms with Gasteiger partial charge in [-0.2, -0.15) is 0 Å². The van der Waals surface area contributed by atoms with Gasteiger partial charge in [-0.15, -0.1) is 0 Å². The third-order valence-corrected chi connectivity index (χ3v) is 4.04. The van der Waals surface area contributed by atoms with Gasteiger partial charge in [-0.25, -0.2) is 14.0 Å². The van der Waals surface area contributed by atoms with Gasteiger partial charge in [0.05, 0.1) is 5.56 Å². The Kier molecular flexibility index (Phi) is 8.11. The second-order valence-corrected chi connectivity index (χ2v) is 7.17. The van der Waals surface area contributed by atoms with Gasteiger partial charge in [0.2, 0.25) is 0 Å². The molecule has 2 aromatic carbocycles. The number of para-hydroxylation sites is 1. The smallest absolute Gasteiger partial charge is 0.341 e. The number of urea groups is 1. The van der Waals surface area contributed by atoms with Crippen molar-refractivity contribution in [2.24, 2.45) is 0 Å². The highest BCUT2D eigenvalue weighted by atomic mass is 19.1. The van der Waals surface area contributed by atoms with Gasteiger partial charge < -0.3 is 25.8 Å². The zero-order chi connectivity index (χ0) is 21.3. The molecule has 0 aliphatic carbocycles. The van der Waals surface area contributed by atoms with E-state index in [1.54, 1.807) is 12.1 Å². The van der Waals surface area contributed by atoms with Gasteiger partial charge in [-0.3, -0.25) is 0 Å². The molecule has 0 aliphatic rings. The second-order valence-electron chi connectivity index (χ2n) is 7.17. The van der Waals surface area contributed by atoms with Gasteiger partial charge in [0, 0.05) is 24.3 Å². The highest BCUT2D eigenvalue weighted by Gasteiger charge is 2.21. The molecule has 0 saturated carbocycles. The van der Waals surface area contributed by atoms with Gasteiger partial charge in [-0.1, -0.05) is 30.3 Å². The van der Waals surface area contributed by atoms with Crippen LogP contribution in [0.1, 0.15) is 24.2 Å². The lowest BCUT2D eigenvalue weighted by molar-refractivity contribution is 0.0241. The molecule has 0 saturated heterocycles. The van der Waals surface area contributed by atoms with Crippen molar-refractivity contribution in [2.75, 3.05) is 25.0 Å². The van der Waals surface area contributed by atoms with Gasteiger partial charge >= 0.3 is 12.0 Å². The third kappa shape index (κ3) is 7.89. The van der Waals surface area contributed by atoms with Crippen LogP contribution in [0, 0.1) is 5.82 Å². The summed E-state index contributed by atoms with van der Waals surface area (Å²) in [5.41, 5.74) is -0.0191. The van der Waals surface area contributed by atoms with Crippen molar-refractivity contribution in [1.29, 1.82) is 0 Å². The van der Waals surface area contributed by atoms with Crippen LogP contribution in [0.3, 0.4) is 0 Å². The minimum absolute atomic E-state index is 0.125. The molecule has 1 atom stereocenters. The second kappa shape index (κ2) is 10.5. The number of nitrogens with one attached hydrogen (secondary N) is 3. The van der Waals surface area contributed by atoms with Crippen molar-refractivity contribution in [2.45, 2.75) is 25.5 Å². The van der Waals surface area contributed by atoms with Crippen LogP contribution in [0.15, 0.2) is 54.6 Å². The number of rotatable bonds is 9. The average molecular weight is 403 g/mol. The van der Waals surface area contributed by atoms with E-state index in [-0.39, 0.29) is 24.7 Å². The Bertz CT molecular complexity index is 815. The first kappa shape index (κ1) is 22.3. The van der Waals surface area contributed by atoms with E-state index in [4.69, 9.17) is 4.74 Å². The van der Waals surface area contributed by atoms with Crippen molar-refractivity contribution in [1.82, 2.24) is 10.6 Å². The highest BCUT2D eigenvalue weighted by Crippen LogP contribution is 2.08. The molecule has 0 radical (unpaired) electrons. The maximum absolute atomic E-state index is 13.5. The van der Waals surface area contributed by atoms with Gasteiger partial charge in [0.25, 0.3) is 0 Å². The molecule has 0 aromatic heterocycles. The molecule has 2 amide bonds. The summed E-state index contributed by atoms with van der Waals surface area (Å²) in [5, 5.41) is 18.6. The fourth-order valence-electron chi connectivity index (χ4n) is 2.39. The molecule has 0 spiro atoms. The molecule has 2 aromatic rings. The number of anilines is 1. The summed E-state index contributed by atoms with van der Waals surface area (Å²) in [4.78, 5) is 23.8. The van der Waals surface area contributed by atoms with Crippen molar-refractivity contribution < 1.29 is 23.8 Å². The van der Waals surface area contributed by atoms with Gasteiger partial charge in [0.15, 0.2) is 0 Å². The Balaban J connectivity index is 1.69. The predicted molar refractivity (Wildman–Crippen MR) is 108 cm³/mol. The number of β-amino-alcohol motifs (C(OH)–C–C–N with tert-alkyl or cyclic N) is 1. The molecule has 0 bridgehead atoms. The molecule has 29 heavy (non-hydrogen) atoms. The molecule has 0 heterocycles. The van der Waals surface area contributed by atoms with Crippen LogP contribution in [0.25, 0.3) is 0 Å². The molecule has 1 unspecified atom stereocenters. The standard InChI is InChI=1S/C21H26FN3O4/c1-21(2,14-23-20(28)25-15-8-4-3-5-9-15)24-12-16(26)13-29-19(27)17-10-6-7-11-18(17)22/h3-11,16,24,26H,12-14H2,1-2H3,(H2,23,25,28). The minimum Gasteiger partial charge on any atom is -0.459 e. The van der Waals surface area contributed by atoms with E-state index >= 15 is 0 Å². The van der Waals surface area contributed by atoms with Crippen LogP contribution >= 0.6 is 0 Å². The van der Waals surface area contributed by atoms with E-state index in [0.717, 1.165) is 6.07 Å². The number of esters is 1. The third-order valence-electron chi connectivity index (χ3n) is 4.04. The molecule has 8 heteroatoms. The Morgan fingerprint density at radius 3 is 2.45 bits per heavy atom. The van der Waals surface area contributed by atoms with Crippen molar-refractivity contribution in [3.63, 3.8) is 0 Å². The molecular formula is C21H26FN3O4. The number of hydrogen-bond acceptors (Lipinski definition) is 5. The number of amides is 2. The van der Waals surface area contributed by atoms with E-state index < -0.39 is 23.4 Å². The molecule has 7 nitrogen and oxygen atoms in total. The van der Waals surface area contributed by atoms with Crippen LogP contribution in [-0.2, 0) is 4.74 Å². The molecular weight excluding hydrogens is 377 g/mol. The number of carbonyl (C=O) groups is 2. The van der Waals surface area contributed by atoms with E-state index in [0.29, 0.717) is 12.2 Å². The summed E-state index contributed by atoms with van der Waals surface area (Å²) in [6, 6.07) is 14.2. The Labute approximate surface area is 169 Å². The first-order chi connectivity index (χ1) is 13.8. The minimum atomic E-state index is -0.983. The lowest BCUT2D eigenvalue weighted by Gasteiger charge is -2.28. The topological polar surface area (TPSA) is 99.7 Å². The number of halogens is 1. The summed E-state index contributed by atoms with van der Waals surface area (Å²) in [6.07, 6.45) is -0.983. The predicted octanol–water partition coefficient (Wildman–Crippen LogP) is 2.53. The number of aliphatic hydroxyl groups excluding tert-OH is 1. The Hall–Kier alpha value is -2.97. The van der Waals surface area contributed by atoms with E-state index in [1.165, 1.54) is 18.2 Å². The van der Waals surface area contributed by atoms with Gasteiger partial charge in [-0.05, 0) is 38.1 Å². The fraction of sp³-hybridized carbons (Fsp3) is 0.333.